The van der Waals surface area contributed by atoms with E-state index in [9.17, 15) is 0 Å². The molecule has 15 aromatic rings. The maximum Gasteiger partial charge on any atom is 0.238 e. The van der Waals surface area contributed by atoms with Gasteiger partial charge in [0.1, 0.15) is 0 Å². The highest BCUT2D eigenvalue weighted by Gasteiger charge is 2.36. The monoisotopic (exact) mass is 1020 g/mol. The number of fused-ring (bicyclic) bond motifs is 10. The molecule has 0 aliphatic heterocycles. The van der Waals surface area contributed by atoms with Crippen LogP contribution in [0.1, 0.15) is 25.0 Å². The lowest BCUT2D eigenvalue weighted by atomic mass is 9.82. The van der Waals surface area contributed by atoms with E-state index in [1.807, 2.05) is 6.07 Å². The Balaban J connectivity index is 0.981. The van der Waals surface area contributed by atoms with Gasteiger partial charge in [-0.25, -0.2) is 4.98 Å². The minimum atomic E-state index is -0.202. The zero-order valence-corrected chi connectivity index (χ0v) is 44.2. The standard InChI is InChI=1S/C76H50N4/c1-76(2)68-38-14-12-31-61(68)66-45-67-62-32-13-15-39-70(62)80(71(67)46-69(66)76)75-78-73(50-23-4-3-5-24-50)77-74(79-75)53-43-51(57-33-16-25-47-20-6-9-28-54(47)57)42-52(44-53)58-40-41-65(60-35-18-27-49-22-8-11-30-56(49)60)72-63(58)36-19-37-64(72)59-34-17-26-48-21-7-10-29-55(48)59/h3-46H,1-2H3. The summed E-state index contributed by atoms with van der Waals surface area (Å²) >= 11 is 0. The van der Waals surface area contributed by atoms with Crippen molar-refractivity contribution in [2.24, 2.45) is 0 Å². The molecule has 1 aliphatic carbocycles. The van der Waals surface area contributed by atoms with Gasteiger partial charge in [0, 0.05) is 27.3 Å². The van der Waals surface area contributed by atoms with Crippen LogP contribution in [0.4, 0.5) is 0 Å². The van der Waals surface area contributed by atoms with Gasteiger partial charge in [-0.2, -0.15) is 9.97 Å². The molecule has 0 spiro atoms. The lowest BCUT2D eigenvalue weighted by molar-refractivity contribution is 0.661. The van der Waals surface area contributed by atoms with E-state index in [1.165, 1.54) is 82.2 Å². The first kappa shape index (κ1) is 45.9. The molecule has 2 heterocycles. The van der Waals surface area contributed by atoms with Crippen molar-refractivity contribution in [2.45, 2.75) is 19.3 Å². The number of hydrogen-bond acceptors (Lipinski definition) is 3. The van der Waals surface area contributed by atoms with Gasteiger partial charge in [-0.15, -0.1) is 0 Å². The lowest BCUT2D eigenvalue weighted by Crippen LogP contribution is -2.15. The Morgan fingerprint density at radius 3 is 1.43 bits per heavy atom. The predicted molar refractivity (Wildman–Crippen MR) is 334 cm³/mol. The van der Waals surface area contributed by atoms with Crippen LogP contribution in [0.2, 0.25) is 0 Å². The van der Waals surface area contributed by atoms with Gasteiger partial charge in [0.2, 0.25) is 5.95 Å². The van der Waals surface area contributed by atoms with Crippen molar-refractivity contribution in [3.63, 3.8) is 0 Å². The molecule has 0 bridgehead atoms. The topological polar surface area (TPSA) is 43.6 Å². The van der Waals surface area contributed by atoms with Crippen molar-refractivity contribution in [1.82, 2.24) is 19.5 Å². The largest absolute Gasteiger partial charge is 0.278 e. The fourth-order valence-corrected chi connectivity index (χ4v) is 13.3. The summed E-state index contributed by atoms with van der Waals surface area (Å²) in [6, 6.07) is 97.3. The minimum absolute atomic E-state index is 0.202. The summed E-state index contributed by atoms with van der Waals surface area (Å²) in [5.74, 6) is 1.76. The molecule has 1 aliphatic rings. The van der Waals surface area contributed by atoms with Gasteiger partial charge >= 0.3 is 0 Å². The summed E-state index contributed by atoms with van der Waals surface area (Å²) in [6.45, 7) is 4.69. The molecular weight excluding hydrogens is 969 g/mol. The van der Waals surface area contributed by atoms with E-state index in [2.05, 4.69) is 279 Å². The summed E-state index contributed by atoms with van der Waals surface area (Å²) in [4.78, 5) is 16.6. The highest BCUT2D eigenvalue weighted by molar-refractivity contribution is 6.18. The van der Waals surface area contributed by atoms with E-state index in [4.69, 9.17) is 15.0 Å². The van der Waals surface area contributed by atoms with E-state index >= 15 is 0 Å². The molecule has 0 saturated carbocycles. The van der Waals surface area contributed by atoms with Gasteiger partial charge in [-0.3, -0.25) is 4.57 Å². The second kappa shape index (κ2) is 17.9. The van der Waals surface area contributed by atoms with E-state index in [0.29, 0.717) is 17.6 Å². The molecule has 2 aromatic heterocycles. The Morgan fingerprint density at radius 1 is 0.275 bits per heavy atom. The first-order chi connectivity index (χ1) is 39.4. The zero-order valence-electron chi connectivity index (χ0n) is 44.2. The van der Waals surface area contributed by atoms with Crippen LogP contribution in [0.25, 0.3) is 149 Å². The first-order valence-corrected chi connectivity index (χ1v) is 27.6. The molecular formula is C76H50N4. The van der Waals surface area contributed by atoms with E-state index in [0.717, 1.165) is 60.6 Å². The normalized spacial score (nSPS) is 12.7. The highest BCUT2D eigenvalue weighted by atomic mass is 15.2. The van der Waals surface area contributed by atoms with Gasteiger partial charge in [-0.1, -0.05) is 244 Å². The second-order valence-corrected chi connectivity index (χ2v) is 21.9. The Kier molecular flexibility index (Phi) is 10.3. The third kappa shape index (κ3) is 7.12. The average molecular weight is 1020 g/mol. The molecule has 374 valence electrons. The van der Waals surface area contributed by atoms with Crippen LogP contribution in [0.3, 0.4) is 0 Å². The molecule has 0 N–H and O–H groups in total. The SMILES string of the molecule is CC1(C)c2ccccc2-c2cc3c4ccccc4n(-c4nc(-c5ccccc5)nc(-c5cc(-c6cccc7ccccc67)cc(-c6ccc(-c7cccc8ccccc78)c7c(-c8cccc9ccccc89)cccc67)c5)n4)c3cc21. The maximum atomic E-state index is 5.64. The average Bonchev–Trinajstić information content (AvgIpc) is 4.06. The number of hydrogen-bond donors (Lipinski definition) is 0. The fourth-order valence-electron chi connectivity index (χ4n) is 13.3. The Labute approximate surface area is 463 Å². The van der Waals surface area contributed by atoms with Crippen molar-refractivity contribution in [3.8, 4) is 84.4 Å². The lowest BCUT2D eigenvalue weighted by Gasteiger charge is -2.21. The molecule has 4 nitrogen and oxygen atoms in total. The summed E-state index contributed by atoms with van der Waals surface area (Å²) < 4.78 is 2.27. The maximum absolute atomic E-state index is 5.64. The van der Waals surface area contributed by atoms with Crippen LogP contribution in [0, 0.1) is 0 Å². The molecule has 80 heavy (non-hydrogen) atoms. The third-order valence-electron chi connectivity index (χ3n) is 17.0. The van der Waals surface area contributed by atoms with Crippen molar-refractivity contribution in [2.75, 3.05) is 0 Å². The van der Waals surface area contributed by atoms with E-state index in [1.54, 1.807) is 0 Å². The van der Waals surface area contributed by atoms with Crippen LogP contribution >= 0.6 is 0 Å². The summed E-state index contributed by atoms with van der Waals surface area (Å²) in [6.07, 6.45) is 0. The molecule has 0 unspecified atom stereocenters. The molecule has 0 fully saturated rings. The van der Waals surface area contributed by atoms with Crippen molar-refractivity contribution in [3.05, 3.63) is 278 Å². The van der Waals surface area contributed by atoms with Crippen LogP contribution in [0.15, 0.2) is 267 Å². The predicted octanol–water partition coefficient (Wildman–Crippen LogP) is 19.9. The number of benzene rings is 13. The molecule has 0 atom stereocenters. The van der Waals surface area contributed by atoms with Crippen molar-refractivity contribution in [1.29, 1.82) is 0 Å². The summed E-state index contributed by atoms with van der Waals surface area (Å²) in [5, 5.41) is 11.9. The van der Waals surface area contributed by atoms with Gasteiger partial charge < -0.3 is 0 Å². The number of para-hydroxylation sites is 1. The molecule has 16 rings (SSSR count). The minimum Gasteiger partial charge on any atom is -0.278 e. The Morgan fingerprint density at radius 2 is 0.738 bits per heavy atom. The zero-order chi connectivity index (χ0) is 53.1. The number of nitrogens with zero attached hydrogens (tertiary/aromatic N) is 4. The molecule has 0 amide bonds. The van der Waals surface area contributed by atoms with Crippen LogP contribution in [-0.4, -0.2) is 19.5 Å². The van der Waals surface area contributed by atoms with E-state index < -0.39 is 0 Å². The van der Waals surface area contributed by atoms with E-state index in [-0.39, 0.29) is 5.41 Å². The van der Waals surface area contributed by atoms with Crippen molar-refractivity contribution >= 4 is 64.9 Å². The first-order valence-electron chi connectivity index (χ1n) is 27.6. The Bertz CT molecular complexity index is 4940. The molecule has 0 saturated heterocycles. The fraction of sp³-hybridized carbons (Fsp3) is 0.0395. The third-order valence-corrected chi connectivity index (χ3v) is 17.0. The number of rotatable bonds is 7. The van der Waals surface area contributed by atoms with Crippen LogP contribution in [0.5, 0.6) is 0 Å². The van der Waals surface area contributed by atoms with Gasteiger partial charge in [0.15, 0.2) is 11.6 Å². The smallest absolute Gasteiger partial charge is 0.238 e. The molecule has 13 aromatic carbocycles. The van der Waals surface area contributed by atoms with Gasteiger partial charge in [-0.05, 0) is 146 Å². The van der Waals surface area contributed by atoms with Gasteiger partial charge in [0.25, 0.3) is 0 Å². The molecule has 4 heteroatoms. The summed E-state index contributed by atoms with van der Waals surface area (Å²) in [7, 11) is 0. The Hall–Kier alpha value is -10.3. The quantitative estimate of drug-likeness (QED) is 0.160. The second-order valence-electron chi connectivity index (χ2n) is 21.9. The number of aromatic nitrogens is 4. The summed E-state index contributed by atoms with van der Waals surface area (Å²) in [5.41, 5.74) is 18.1. The molecule has 0 radical (unpaired) electrons. The van der Waals surface area contributed by atoms with Crippen LogP contribution in [-0.2, 0) is 5.41 Å². The van der Waals surface area contributed by atoms with Crippen LogP contribution < -0.4 is 0 Å². The van der Waals surface area contributed by atoms with Crippen molar-refractivity contribution < 1.29 is 0 Å². The highest BCUT2D eigenvalue weighted by Crippen LogP contribution is 2.52. The van der Waals surface area contributed by atoms with Gasteiger partial charge in [0.05, 0.1) is 11.0 Å².